The number of nitrogens with one attached hydrogen (secondary N) is 2. The minimum Gasteiger partial charge on any atom is -0.343 e. The summed E-state index contributed by atoms with van der Waals surface area (Å²) in [6.45, 7) is 2.80. The Bertz CT molecular complexity index is 1160. The van der Waals surface area contributed by atoms with E-state index in [0.717, 1.165) is 18.4 Å². The molecule has 1 atom stereocenters. The number of carbonyl (C=O) groups is 3. The number of benzene rings is 2. The molecule has 1 fully saturated rings. The maximum absolute atomic E-state index is 12.7. The fourth-order valence-electron chi connectivity index (χ4n) is 3.87. The van der Waals surface area contributed by atoms with Crippen molar-refractivity contribution < 1.29 is 18.9 Å². The van der Waals surface area contributed by atoms with Crippen molar-refractivity contribution in [3.05, 3.63) is 66.1 Å². The first kappa shape index (κ1) is 23.2. The predicted molar refractivity (Wildman–Crippen MR) is 126 cm³/mol. The van der Waals surface area contributed by atoms with Crippen LogP contribution < -0.4 is 10.6 Å². The van der Waals surface area contributed by atoms with Crippen molar-refractivity contribution >= 4 is 23.4 Å². The largest absolute Gasteiger partial charge is 0.343 e. The zero-order valence-electron chi connectivity index (χ0n) is 19.0. The molecule has 176 valence electrons. The second-order valence-corrected chi connectivity index (χ2v) is 8.17. The number of anilines is 1. The number of piperidine rings is 1. The second kappa shape index (κ2) is 10.7. The van der Waals surface area contributed by atoms with Crippen LogP contribution in [0.4, 0.5) is 5.69 Å². The van der Waals surface area contributed by atoms with Crippen molar-refractivity contribution in [1.82, 2.24) is 20.4 Å². The number of hydrogen-bond donors (Lipinski definition) is 2. The molecule has 0 saturated carbocycles. The van der Waals surface area contributed by atoms with Crippen LogP contribution in [0, 0.1) is 0 Å². The van der Waals surface area contributed by atoms with Crippen LogP contribution in [-0.2, 0) is 9.59 Å². The van der Waals surface area contributed by atoms with E-state index in [9.17, 15) is 14.4 Å². The van der Waals surface area contributed by atoms with Crippen LogP contribution in [0.3, 0.4) is 0 Å². The molecule has 0 spiro atoms. The summed E-state index contributed by atoms with van der Waals surface area (Å²) in [6.07, 6.45) is 2.02. The zero-order chi connectivity index (χ0) is 23.9. The Labute approximate surface area is 197 Å². The molecular formula is C25H27N5O4. The maximum Gasteiger partial charge on any atom is 0.251 e. The summed E-state index contributed by atoms with van der Waals surface area (Å²) in [7, 11) is 0. The molecule has 0 radical (unpaired) electrons. The van der Waals surface area contributed by atoms with E-state index in [0.29, 0.717) is 42.5 Å². The van der Waals surface area contributed by atoms with Gasteiger partial charge in [0.2, 0.25) is 23.5 Å². The van der Waals surface area contributed by atoms with Crippen molar-refractivity contribution in [1.29, 1.82) is 0 Å². The summed E-state index contributed by atoms with van der Waals surface area (Å²) in [5.41, 5.74) is 1.92. The normalized spacial score (nSPS) is 15.6. The monoisotopic (exact) mass is 461 g/mol. The molecule has 1 aliphatic heterocycles. The lowest BCUT2D eigenvalue weighted by Gasteiger charge is -2.31. The van der Waals surface area contributed by atoms with Crippen molar-refractivity contribution in [2.75, 3.05) is 25.0 Å². The summed E-state index contributed by atoms with van der Waals surface area (Å²) < 4.78 is 5.53. The molecule has 0 unspecified atom stereocenters. The van der Waals surface area contributed by atoms with E-state index in [1.165, 1.54) is 0 Å². The third-order valence-electron chi connectivity index (χ3n) is 5.73. The first-order valence-corrected chi connectivity index (χ1v) is 11.4. The summed E-state index contributed by atoms with van der Waals surface area (Å²) >= 11 is 0. The van der Waals surface area contributed by atoms with Gasteiger partial charge in [-0.15, -0.1) is 0 Å². The molecule has 1 aliphatic rings. The Morgan fingerprint density at radius 1 is 1.12 bits per heavy atom. The standard InChI is InChI=1S/C25H27N5O4/c1-2-21(31)27-20-12-6-10-18(14-20)23-28-25(34-29-23)19-11-7-13-30(16-19)22(32)15-26-24(33)17-8-4-3-5-9-17/h3-6,8-10,12,14,19H,2,7,11,13,15-16H2,1H3,(H,26,33)(H,27,31)/t19-/m1/s1. The lowest BCUT2D eigenvalue weighted by Crippen LogP contribution is -2.44. The lowest BCUT2D eigenvalue weighted by molar-refractivity contribution is -0.131. The molecule has 2 aromatic carbocycles. The lowest BCUT2D eigenvalue weighted by atomic mass is 9.98. The number of rotatable bonds is 7. The van der Waals surface area contributed by atoms with Gasteiger partial charge in [-0.05, 0) is 37.1 Å². The molecule has 1 aromatic heterocycles. The van der Waals surface area contributed by atoms with E-state index in [4.69, 9.17) is 4.52 Å². The van der Waals surface area contributed by atoms with Crippen LogP contribution in [0.25, 0.3) is 11.4 Å². The molecule has 9 heteroatoms. The molecule has 2 heterocycles. The highest BCUT2D eigenvalue weighted by Gasteiger charge is 2.29. The summed E-state index contributed by atoms with van der Waals surface area (Å²) in [6, 6.07) is 16.1. The predicted octanol–water partition coefficient (Wildman–Crippen LogP) is 3.22. The smallest absolute Gasteiger partial charge is 0.251 e. The fraction of sp³-hybridized carbons (Fsp3) is 0.320. The molecule has 4 rings (SSSR count). The Morgan fingerprint density at radius 3 is 2.74 bits per heavy atom. The third-order valence-corrected chi connectivity index (χ3v) is 5.73. The summed E-state index contributed by atoms with van der Waals surface area (Å²) in [5, 5.41) is 9.61. The summed E-state index contributed by atoms with van der Waals surface area (Å²) in [4.78, 5) is 42.9. The van der Waals surface area contributed by atoms with Crippen LogP contribution in [0.5, 0.6) is 0 Å². The van der Waals surface area contributed by atoms with Gasteiger partial charge in [0.25, 0.3) is 5.91 Å². The first-order valence-electron chi connectivity index (χ1n) is 11.4. The van der Waals surface area contributed by atoms with Crippen molar-refractivity contribution in [3.63, 3.8) is 0 Å². The van der Waals surface area contributed by atoms with E-state index in [1.54, 1.807) is 48.2 Å². The Hall–Kier alpha value is -4.01. The molecular weight excluding hydrogens is 434 g/mol. The highest BCUT2D eigenvalue weighted by atomic mass is 16.5. The van der Waals surface area contributed by atoms with E-state index in [2.05, 4.69) is 20.8 Å². The molecule has 3 aromatic rings. The van der Waals surface area contributed by atoms with Crippen LogP contribution in [0.1, 0.15) is 48.4 Å². The number of amides is 3. The van der Waals surface area contributed by atoms with Gasteiger partial charge in [-0.1, -0.05) is 42.4 Å². The van der Waals surface area contributed by atoms with Crippen LogP contribution in [0.15, 0.2) is 59.1 Å². The van der Waals surface area contributed by atoms with Crippen LogP contribution in [0.2, 0.25) is 0 Å². The Balaban J connectivity index is 1.36. The number of nitrogens with zero attached hydrogens (tertiary/aromatic N) is 3. The highest BCUT2D eigenvalue weighted by Crippen LogP contribution is 2.28. The van der Waals surface area contributed by atoms with Crippen molar-refractivity contribution in [2.45, 2.75) is 32.1 Å². The maximum atomic E-state index is 12.7. The number of likely N-dealkylation sites (tertiary alicyclic amines) is 1. The average molecular weight is 462 g/mol. The van der Waals surface area contributed by atoms with Gasteiger partial charge in [0.15, 0.2) is 0 Å². The first-order chi connectivity index (χ1) is 16.5. The van der Waals surface area contributed by atoms with E-state index in [1.807, 2.05) is 18.2 Å². The molecule has 0 aliphatic carbocycles. The van der Waals surface area contributed by atoms with Gasteiger partial charge in [-0.3, -0.25) is 14.4 Å². The average Bonchev–Trinajstić information content (AvgIpc) is 3.38. The summed E-state index contributed by atoms with van der Waals surface area (Å²) in [5.74, 6) is 0.337. The van der Waals surface area contributed by atoms with Gasteiger partial charge in [-0.25, -0.2) is 0 Å². The number of aromatic nitrogens is 2. The van der Waals surface area contributed by atoms with Crippen molar-refractivity contribution in [2.24, 2.45) is 0 Å². The van der Waals surface area contributed by atoms with Gasteiger partial charge < -0.3 is 20.1 Å². The van der Waals surface area contributed by atoms with Crippen LogP contribution >= 0.6 is 0 Å². The van der Waals surface area contributed by atoms with E-state index >= 15 is 0 Å². The minimum atomic E-state index is -0.276. The van der Waals surface area contributed by atoms with Crippen molar-refractivity contribution in [3.8, 4) is 11.4 Å². The zero-order valence-corrected chi connectivity index (χ0v) is 19.0. The SMILES string of the molecule is CCC(=O)Nc1cccc(-c2noc([C@@H]3CCCN(C(=O)CNC(=O)c4ccccc4)C3)n2)c1. The highest BCUT2D eigenvalue weighted by molar-refractivity contribution is 5.96. The number of hydrogen-bond acceptors (Lipinski definition) is 6. The van der Waals surface area contributed by atoms with Gasteiger partial charge in [0.05, 0.1) is 12.5 Å². The molecule has 1 saturated heterocycles. The fourth-order valence-corrected chi connectivity index (χ4v) is 3.87. The molecule has 2 N–H and O–H groups in total. The van der Waals surface area contributed by atoms with Gasteiger partial charge in [-0.2, -0.15) is 4.98 Å². The number of carbonyl (C=O) groups excluding carboxylic acids is 3. The Morgan fingerprint density at radius 2 is 1.94 bits per heavy atom. The molecule has 34 heavy (non-hydrogen) atoms. The third kappa shape index (κ3) is 5.67. The molecule has 9 nitrogen and oxygen atoms in total. The molecule has 0 bridgehead atoms. The van der Waals surface area contributed by atoms with Gasteiger partial charge in [0, 0.05) is 36.3 Å². The molecule has 3 amide bonds. The van der Waals surface area contributed by atoms with Gasteiger partial charge >= 0.3 is 0 Å². The second-order valence-electron chi connectivity index (χ2n) is 8.17. The Kier molecular flexibility index (Phi) is 7.31. The van der Waals surface area contributed by atoms with Gasteiger partial charge in [0.1, 0.15) is 0 Å². The topological polar surface area (TPSA) is 117 Å². The van der Waals surface area contributed by atoms with E-state index in [-0.39, 0.29) is 30.2 Å². The quantitative estimate of drug-likeness (QED) is 0.558. The minimum absolute atomic E-state index is 0.0637. The van der Waals surface area contributed by atoms with E-state index < -0.39 is 0 Å². The van der Waals surface area contributed by atoms with Crippen LogP contribution in [-0.4, -0.2) is 52.4 Å².